The summed E-state index contributed by atoms with van der Waals surface area (Å²) >= 11 is 0. The first-order valence-corrected chi connectivity index (χ1v) is 9.80. The van der Waals surface area contributed by atoms with Gasteiger partial charge in [-0.05, 0) is 38.1 Å². The number of hydrogen-bond donors (Lipinski definition) is 2. The van der Waals surface area contributed by atoms with Crippen molar-refractivity contribution in [2.75, 3.05) is 41.8 Å². The Labute approximate surface area is 171 Å². The van der Waals surface area contributed by atoms with E-state index in [-0.39, 0.29) is 18.4 Å². The van der Waals surface area contributed by atoms with Gasteiger partial charge in [0.1, 0.15) is 12.2 Å². The summed E-state index contributed by atoms with van der Waals surface area (Å²) in [4.78, 5) is 27.0. The molecule has 0 saturated carbocycles. The fourth-order valence-corrected chi connectivity index (χ4v) is 3.12. The second kappa shape index (κ2) is 9.93. The van der Waals surface area contributed by atoms with Crippen LogP contribution in [0.2, 0.25) is 0 Å². The van der Waals surface area contributed by atoms with Crippen molar-refractivity contribution in [2.24, 2.45) is 0 Å². The molecule has 29 heavy (non-hydrogen) atoms. The molecule has 0 bridgehead atoms. The second-order valence-corrected chi connectivity index (χ2v) is 7.05. The normalized spacial score (nSPS) is 13.8. The van der Waals surface area contributed by atoms with Crippen LogP contribution in [0.5, 0.6) is 5.75 Å². The number of morpholine rings is 1. The van der Waals surface area contributed by atoms with Gasteiger partial charge < -0.3 is 25.0 Å². The van der Waals surface area contributed by atoms with E-state index in [4.69, 9.17) is 9.47 Å². The van der Waals surface area contributed by atoms with Crippen LogP contribution in [0.4, 0.5) is 17.1 Å². The van der Waals surface area contributed by atoms with E-state index in [9.17, 15) is 9.59 Å². The minimum Gasteiger partial charge on any atom is -0.489 e. The van der Waals surface area contributed by atoms with Crippen LogP contribution in [0.3, 0.4) is 0 Å². The van der Waals surface area contributed by atoms with Crippen LogP contribution in [0.1, 0.15) is 20.3 Å². The van der Waals surface area contributed by atoms with Crippen molar-refractivity contribution in [3.63, 3.8) is 0 Å². The van der Waals surface area contributed by atoms with E-state index in [1.54, 1.807) is 18.2 Å². The molecule has 2 N–H and O–H groups in total. The maximum absolute atomic E-state index is 12.5. The lowest BCUT2D eigenvalue weighted by Gasteiger charge is -2.30. The topological polar surface area (TPSA) is 79.9 Å². The number of ether oxygens (including phenoxy) is 2. The quantitative estimate of drug-likeness (QED) is 0.701. The predicted octanol–water partition coefficient (Wildman–Crippen LogP) is 3.28. The lowest BCUT2D eigenvalue weighted by Crippen LogP contribution is -2.36. The van der Waals surface area contributed by atoms with E-state index in [0.717, 1.165) is 18.8 Å². The molecule has 7 heteroatoms. The molecule has 2 amide bonds. The number of carbonyl (C=O) groups excluding carboxylic acids is 2. The number of rotatable bonds is 7. The average Bonchev–Trinajstić information content (AvgIpc) is 2.70. The molecular weight excluding hydrogens is 370 g/mol. The zero-order chi connectivity index (χ0) is 20.6. The van der Waals surface area contributed by atoms with E-state index in [2.05, 4.69) is 15.5 Å². The maximum atomic E-state index is 12.5. The Kier molecular flexibility index (Phi) is 7.08. The van der Waals surface area contributed by atoms with Crippen LogP contribution in [0.15, 0.2) is 48.5 Å². The van der Waals surface area contributed by atoms with E-state index >= 15 is 0 Å². The summed E-state index contributed by atoms with van der Waals surface area (Å²) < 4.78 is 11.1. The number of carbonyl (C=O) groups is 2. The van der Waals surface area contributed by atoms with Crippen molar-refractivity contribution < 1.29 is 19.1 Å². The summed E-state index contributed by atoms with van der Waals surface area (Å²) in [5.74, 6) is -0.189. The molecule has 0 spiro atoms. The summed E-state index contributed by atoms with van der Waals surface area (Å²) in [7, 11) is 0. The molecule has 1 heterocycles. The number of nitrogens with one attached hydrogen (secondary N) is 2. The number of benzene rings is 2. The van der Waals surface area contributed by atoms with Crippen LogP contribution in [-0.4, -0.2) is 44.2 Å². The van der Waals surface area contributed by atoms with Gasteiger partial charge in [-0.15, -0.1) is 0 Å². The zero-order valence-corrected chi connectivity index (χ0v) is 16.8. The number of para-hydroxylation sites is 4. The molecule has 1 aliphatic rings. The van der Waals surface area contributed by atoms with Gasteiger partial charge in [0.2, 0.25) is 11.8 Å². The Morgan fingerprint density at radius 3 is 2.24 bits per heavy atom. The molecule has 154 valence electrons. The van der Waals surface area contributed by atoms with E-state index in [1.807, 2.05) is 44.2 Å². The number of nitrogens with zero attached hydrogens (tertiary/aromatic N) is 1. The first-order chi connectivity index (χ1) is 14.0. The molecule has 0 aromatic heterocycles. The molecule has 0 radical (unpaired) electrons. The third kappa shape index (κ3) is 5.96. The van der Waals surface area contributed by atoms with E-state index in [1.165, 1.54) is 0 Å². The maximum Gasteiger partial charge on any atom is 0.233 e. The van der Waals surface area contributed by atoms with Crippen molar-refractivity contribution in [1.29, 1.82) is 0 Å². The largest absolute Gasteiger partial charge is 0.489 e. The lowest BCUT2D eigenvalue weighted by molar-refractivity contribution is -0.123. The number of hydrogen-bond acceptors (Lipinski definition) is 5. The average molecular weight is 397 g/mol. The van der Waals surface area contributed by atoms with Gasteiger partial charge in [-0.25, -0.2) is 0 Å². The Bertz CT molecular complexity index is 847. The monoisotopic (exact) mass is 397 g/mol. The van der Waals surface area contributed by atoms with Gasteiger partial charge in [0.25, 0.3) is 0 Å². The zero-order valence-electron chi connectivity index (χ0n) is 16.8. The molecule has 1 aliphatic heterocycles. The first kappa shape index (κ1) is 20.7. The van der Waals surface area contributed by atoms with Crippen LogP contribution in [0.25, 0.3) is 0 Å². The van der Waals surface area contributed by atoms with Crippen LogP contribution >= 0.6 is 0 Å². The van der Waals surface area contributed by atoms with Crippen molar-refractivity contribution in [3.8, 4) is 5.75 Å². The Hall–Kier alpha value is -3.06. The third-order valence-electron chi connectivity index (χ3n) is 4.37. The van der Waals surface area contributed by atoms with E-state index in [0.29, 0.717) is 30.3 Å². The van der Waals surface area contributed by atoms with Crippen molar-refractivity contribution in [2.45, 2.75) is 26.4 Å². The van der Waals surface area contributed by atoms with Gasteiger partial charge in [-0.1, -0.05) is 24.3 Å². The molecule has 0 aliphatic carbocycles. The second-order valence-electron chi connectivity index (χ2n) is 7.05. The highest BCUT2D eigenvalue weighted by atomic mass is 16.5. The lowest BCUT2D eigenvalue weighted by atomic mass is 10.2. The van der Waals surface area contributed by atoms with Gasteiger partial charge in [-0.3, -0.25) is 9.59 Å². The molecule has 1 saturated heterocycles. The van der Waals surface area contributed by atoms with Crippen LogP contribution in [0, 0.1) is 0 Å². The molecule has 2 aromatic carbocycles. The standard InChI is InChI=1S/C22H27N3O4/c1-16(2)29-20-10-6-4-8-18(20)24-22(27)15-21(26)23-17-7-3-5-9-19(17)25-11-13-28-14-12-25/h3-10,16H,11-15H2,1-2H3,(H,23,26)(H,24,27). The van der Waals surface area contributed by atoms with Crippen LogP contribution < -0.4 is 20.3 Å². The summed E-state index contributed by atoms with van der Waals surface area (Å²) in [5.41, 5.74) is 2.17. The van der Waals surface area contributed by atoms with Gasteiger partial charge in [-0.2, -0.15) is 0 Å². The smallest absolute Gasteiger partial charge is 0.233 e. The Balaban J connectivity index is 1.61. The molecule has 2 aromatic rings. The van der Waals surface area contributed by atoms with Gasteiger partial charge in [0.05, 0.1) is 36.4 Å². The number of anilines is 3. The summed E-state index contributed by atoms with van der Waals surface area (Å²) in [6.45, 7) is 6.67. The summed E-state index contributed by atoms with van der Waals surface area (Å²) in [6.07, 6.45) is -0.305. The van der Waals surface area contributed by atoms with E-state index < -0.39 is 5.91 Å². The highest BCUT2D eigenvalue weighted by Gasteiger charge is 2.17. The van der Waals surface area contributed by atoms with Gasteiger partial charge in [0.15, 0.2) is 0 Å². The summed E-state index contributed by atoms with van der Waals surface area (Å²) in [5, 5.41) is 5.62. The SMILES string of the molecule is CC(C)Oc1ccccc1NC(=O)CC(=O)Nc1ccccc1N1CCOCC1. The van der Waals surface area contributed by atoms with Gasteiger partial charge >= 0.3 is 0 Å². The molecular formula is C22H27N3O4. The molecule has 7 nitrogen and oxygen atoms in total. The minimum atomic E-state index is -0.397. The molecule has 1 fully saturated rings. The van der Waals surface area contributed by atoms with Gasteiger partial charge in [0, 0.05) is 13.1 Å². The van der Waals surface area contributed by atoms with Crippen LogP contribution in [-0.2, 0) is 14.3 Å². The molecule has 0 atom stereocenters. The predicted molar refractivity (Wildman–Crippen MR) is 114 cm³/mol. The minimum absolute atomic E-state index is 0.0203. The van der Waals surface area contributed by atoms with Crippen molar-refractivity contribution >= 4 is 28.9 Å². The van der Waals surface area contributed by atoms with Crippen molar-refractivity contribution in [1.82, 2.24) is 0 Å². The Morgan fingerprint density at radius 2 is 1.55 bits per heavy atom. The molecule has 3 rings (SSSR count). The van der Waals surface area contributed by atoms with Crippen molar-refractivity contribution in [3.05, 3.63) is 48.5 Å². The number of amides is 2. The highest BCUT2D eigenvalue weighted by molar-refractivity contribution is 6.09. The fourth-order valence-electron chi connectivity index (χ4n) is 3.12. The first-order valence-electron chi connectivity index (χ1n) is 9.80. The highest BCUT2D eigenvalue weighted by Crippen LogP contribution is 2.27. The molecule has 0 unspecified atom stereocenters. The fraction of sp³-hybridized carbons (Fsp3) is 0.364. The Morgan fingerprint density at radius 1 is 0.966 bits per heavy atom. The summed E-state index contributed by atoms with van der Waals surface area (Å²) in [6, 6.07) is 14.8. The third-order valence-corrected chi connectivity index (χ3v) is 4.37.